The first-order chi connectivity index (χ1) is 16.2. The molecule has 1 fully saturated rings. The Morgan fingerprint density at radius 2 is 1.88 bits per heavy atom. The number of nitrogens with zero attached hydrogens (tertiary/aromatic N) is 3. The van der Waals surface area contributed by atoms with Crippen LogP contribution in [0.2, 0.25) is 0 Å². The number of methoxy groups -OCH3 is 1. The second kappa shape index (κ2) is 11.2. The molecule has 0 radical (unpaired) electrons. The highest BCUT2D eigenvalue weighted by Crippen LogP contribution is 2.24. The van der Waals surface area contributed by atoms with Gasteiger partial charge in [-0.05, 0) is 35.9 Å². The molecule has 1 aliphatic heterocycles. The number of pyridine rings is 2. The highest BCUT2D eigenvalue weighted by Gasteiger charge is 2.16. The van der Waals surface area contributed by atoms with Gasteiger partial charge in [0, 0.05) is 61.5 Å². The van der Waals surface area contributed by atoms with Crippen molar-refractivity contribution in [2.45, 2.75) is 0 Å². The van der Waals surface area contributed by atoms with E-state index in [1.807, 2.05) is 42.5 Å². The van der Waals surface area contributed by atoms with Crippen LogP contribution in [0.3, 0.4) is 0 Å². The molecule has 4 rings (SSSR count). The molecule has 0 spiro atoms. The van der Waals surface area contributed by atoms with Crippen LogP contribution in [0.15, 0.2) is 61.1 Å². The zero-order chi connectivity index (χ0) is 22.9. The van der Waals surface area contributed by atoms with Crippen molar-refractivity contribution in [3.63, 3.8) is 0 Å². The topological polar surface area (TPSA) is 76.6 Å². The molecule has 1 aromatic carbocycles. The van der Waals surface area contributed by atoms with Crippen LogP contribution in [0, 0.1) is 11.8 Å². The lowest BCUT2D eigenvalue weighted by atomic mass is 10.0. The van der Waals surface area contributed by atoms with Gasteiger partial charge in [-0.3, -0.25) is 9.88 Å². The predicted molar refractivity (Wildman–Crippen MR) is 127 cm³/mol. The highest BCUT2D eigenvalue weighted by molar-refractivity contribution is 5.96. The Labute approximate surface area is 193 Å². The van der Waals surface area contributed by atoms with Gasteiger partial charge in [0.1, 0.15) is 11.4 Å². The highest BCUT2D eigenvalue weighted by atomic mass is 16.5. The SMILES string of the molecule is COC(=O)c1cc(-c2ccc(C#Cc3cccnc3)cc2)cnc1NCCN1CCOCC1. The van der Waals surface area contributed by atoms with E-state index in [2.05, 4.69) is 32.0 Å². The quantitative estimate of drug-likeness (QED) is 0.464. The van der Waals surface area contributed by atoms with E-state index >= 15 is 0 Å². The van der Waals surface area contributed by atoms with Crippen molar-refractivity contribution in [2.24, 2.45) is 0 Å². The standard InChI is InChI=1S/C26H26N4O3/c1-32-26(31)24-17-23(19-29-25(24)28-11-12-30-13-15-33-16-14-30)22-8-6-20(7-9-22)4-5-21-3-2-10-27-18-21/h2-3,6-10,17-19H,11-16H2,1H3,(H,28,29). The van der Waals surface area contributed by atoms with E-state index in [0.29, 0.717) is 17.9 Å². The Kier molecular flexibility index (Phi) is 7.64. The second-order valence-electron chi connectivity index (χ2n) is 7.56. The van der Waals surface area contributed by atoms with Crippen LogP contribution >= 0.6 is 0 Å². The molecule has 33 heavy (non-hydrogen) atoms. The zero-order valence-corrected chi connectivity index (χ0v) is 18.6. The number of anilines is 1. The number of hydrogen-bond donors (Lipinski definition) is 1. The van der Waals surface area contributed by atoms with Gasteiger partial charge in [-0.25, -0.2) is 9.78 Å². The zero-order valence-electron chi connectivity index (χ0n) is 18.6. The molecule has 168 valence electrons. The van der Waals surface area contributed by atoms with Crippen LogP contribution in [0.25, 0.3) is 11.1 Å². The fourth-order valence-corrected chi connectivity index (χ4v) is 3.51. The summed E-state index contributed by atoms with van der Waals surface area (Å²) >= 11 is 0. The average molecular weight is 443 g/mol. The molecule has 0 bridgehead atoms. The Bertz CT molecular complexity index is 1130. The number of hydrogen-bond acceptors (Lipinski definition) is 7. The van der Waals surface area contributed by atoms with Crippen molar-refractivity contribution in [3.05, 3.63) is 77.7 Å². The Morgan fingerprint density at radius 3 is 2.61 bits per heavy atom. The molecule has 0 unspecified atom stereocenters. The van der Waals surface area contributed by atoms with Gasteiger partial charge < -0.3 is 14.8 Å². The molecule has 3 aromatic rings. The number of esters is 1. The van der Waals surface area contributed by atoms with Crippen LogP contribution in [-0.2, 0) is 9.47 Å². The summed E-state index contributed by atoms with van der Waals surface area (Å²) < 4.78 is 10.4. The minimum Gasteiger partial charge on any atom is -0.465 e. The van der Waals surface area contributed by atoms with Gasteiger partial charge in [0.05, 0.1) is 20.3 Å². The van der Waals surface area contributed by atoms with Gasteiger partial charge in [-0.2, -0.15) is 0 Å². The van der Waals surface area contributed by atoms with Crippen LogP contribution in [-0.4, -0.2) is 67.3 Å². The van der Waals surface area contributed by atoms with Crippen molar-refractivity contribution in [3.8, 4) is 23.0 Å². The number of carbonyl (C=O) groups is 1. The van der Waals surface area contributed by atoms with Crippen molar-refractivity contribution in [1.82, 2.24) is 14.9 Å². The maximum atomic E-state index is 12.4. The first-order valence-corrected chi connectivity index (χ1v) is 10.9. The molecule has 1 aliphatic rings. The van der Waals surface area contributed by atoms with E-state index in [1.165, 1.54) is 7.11 Å². The number of rotatable bonds is 6. The van der Waals surface area contributed by atoms with Crippen molar-refractivity contribution in [2.75, 3.05) is 51.8 Å². The summed E-state index contributed by atoms with van der Waals surface area (Å²) in [6.45, 7) is 4.89. The first kappa shape index (κ1) is 22.5. The second-order valence-corrected chi connectivity index (χ2v) is 7.56. The molecule has 7 heteroatoms. The van der Waals surface area contributed by atoms with Gasteiger partial charge in [0.2, 0.25) is 0 Å². The third kappa shape index (κ3) is 6.16. The van der Waals surface area contributed by atoms with Gasteiger partial charge in [0.15, 0.2) is 0 Å². The fourth-order valence-electron chi connectivity index (χ4n) is 3.51. The third-order valence-corrected chi connectivity index (χ3v) is 5.35. The summed E-state index contributed by atoms with van der Waals surface area (Å²) in [7, 11) is 1.38. The molecule has 0 amide bonds. The summed E-state index contributed by atoms with van der Waals surface area (Å²) in [5, 5.41) is 3.28. The van der Waals surface area contributed by atoms with E-state index in [1.54, 1.807) is 18.6 Å². The summed E-state index contributed by atoms with van der Waals surface area (Å²) in [5.41, 5.74) is 3.95. The minimum atomic E-state index is -0.419. The molecule has 7 nitrogen and oxygen atoms in total. The van der Waals surface area contributed by atoms with Crippen LogP contribution in [0.5, 0.6) is 0 Å². The van der Waals surface area contributed by atoms with Gasteiger partial charge in [0.25, 0.3) is 0 Å². The van der Waals surface area contributed by atoms with Crippen molar-refractivity contribution >= 4 is 11.8 Å². The van der Waals surface area contributed by atoms with E-state index in [-0.39, 0.29) is 0 Å². The molecule has 1 N–H and O–H groups in total. The first-order valence-electron chi connectivity index (χ1n) is 10.9. The molecule has 3 heterocycles. The molecule has 0 aliphatic carbocycles. The average Bonchev–Trinajstić information content (AvgIpc) is 2.89. The molecule has 2 aromatic heterocycles. The van der Waals surface area contributed by atoms with E-state index < -0.39 is 5.97 Å². The molecular formula is C26H26N4O3. The van der Waals surface area contributed by atoms with Crippen molar-refractivity contribution in [1.29, 1.82) is 0 Å². The van der Waals surface area contributed by atoms with Gasteiger partial charge in [-0.1, -0.05) is 24.0 Å². The summed E-state index contributed by atoms with van der Waals surface area (Å²) in [6, 6.07) is 13.4. The molecular weight excluding hydrogens is 416 g/mol. The third-order valence-electron chi connectivity index (χ3n) is 5.35. The molecule has 0 atom stereocenters. The summed E-state index contributed by atoms with van der Waals surface area (Å²) in [6.07, 6.45) is 5.22. The Balaban J connectivity index is 1.47. The van der Waals surface area contributed by atoms with Crippen LogP contribution in [0.1, 0.15) is 21.5 Å². The lowest BCUT2D eigenvalue weighted by Gasteiger charge is -2.26. The smallest absolute Gasteiger partial charge is 0.341 e. The number of aromatic nitrogens is 2. The molecule has 0 saturated carbocycles. The maximum Gasteiger partial charge on any atom is 0.341 e. The number of carbonyl (C=O) groups excluding carboxylic acids is 1. The number of ether oxygens (including phenoxy) is 2. The summed E-state index contributed by atoms with van der Waals surface area (Å²) in [4.78, 5) is 23.3. The monoisotopic (exact) mass is 442 g/mol. The van der Waals surface area contributed by atoms with E-state index in [9.17, 15) is 4.79 Å². The van der Waals surface area contributed by atoms with Crippen LogP contribution in [0.4, 0.5) is 5.82 Å². The largest absolute Gasteiger partial charge is 0.465 e. The normalized spacial score (nSPS) is 13.6. The number of nitrogens with one attached hydrogen (secondary N) is 1. The number of morpholine rings is 1. The van der Waals surface area contributed by atoms with Gasteiger partial charge >= 0.3 is 5.97 Å². The lowest BCUT2D eigenvalue weighted by molar-refractivity contribution is 0.0398. The Morgan fingerprint density at radius 1 is 1.09 bits per heavy atom. The molecule has 1 saturated heterocycles. The Hall–Kier alpha value is -3.73. The maximum absolute atomic E-state index is 12.4. The minimum absolute atomic E-state index is 0.414. The van der Waals surface area contributed by atoms with E-state index in [4.69, 9.17) is 9.47 Å². The lowest BCUT2D eigenvalue weighted by Crippen LogP contribution is -2.39. The van der Waals surface area contributed by atoms with Crippen LogP contribution < -0.4 is 5.32 Å². The number of benzene rings is 1. The fraction of sp³-hybridized carbons (Fsp3) is 0.269. The summed E-state index contributed by atoms with van der Waals surface area (Å²) in [5.74, 6) is 6.34. The van der Waals surface area contributed by atoms with Gasteiger partial charge in [-0.15, -0.1) is 0 Å². The van der Waals surface area contributed by atoms with E-state index in [0.717, 1.165) is 55.1 Å². The van der Waals surface area contributed by atoms with Crippen molar-refractivity contribution < 1.29 is 14.3 Å². The predicted octanol–water partition coefficient (Wildman–Crippen LogP) is 3.07.